The van der Waals surface area contributed by atoms with Crippen molar-refractivity contribution in [3.63, 3.8) is 0 Å². The molecule has 2 rings (SSSR count). The van der Waals surface area contributed by atoms with Crippen LogP contribution in [0, 0.1) is 6.92 Å². The molecule has 100 valence electrons. The van der Waals surface area contributed by atoms with E-state index in [9.17, 15) is 9.90 Å². The fourth-order valence-corrected chi connectivity index (χ4v) is 2.01. The minimum atomic E-state index is -1.07. The normalized spacial score (nSPS) is 13.8. The van der Waals surface area contributed by atoms with E-state index in [2.05, 4.69) is 0 Å². The number of aliphatic hydroxyl groups is 1. The molecule has 0 fully saturated rings. The van der Waals surface area contributed by atoms with E-state index in [0.29, 0.717) is 17.1 Å². The lowest BCUT2D eigenvalue weighted by atomic mass is 9.92. The molecule has 0 aliphatic heterocycles. The molecule has 0 bridgehead atoms. The Morgan fingerprint density at radius 2 is 1.89 bits per heavy atom. The van der Waals surface area contributed by atoms with Gasteiger partial charge in [0.15, 0.2) is 0 Å². The number of carbonyl (C=O) groups excluding carboxylic acids is 1. The summed E-state index contributed by atoms with van der Waals surface area (Å²) in [5.41, 5.74) is 0.691. The van der Waals surface area contributed by atoms with Crippen molar-refractivity contribution in [3.05, 3.63) is 59.5 Å². The lowest BCUT2D eigenvalue weighted by Gasteiger charge is -2.19. The molecule has 0 radical (unpaired) electrons. The number of ether oxygens (including phenoxy) is 1. The van der Waals surface area contributed by atoms with Gasteiger partial charge in [-0.05, 0) is 24.6 Å². The Balaban J connectivity index is 2.36. The number of rotatable bonds is 4. The van der Waals surface area contributed by atoms with Crippen LogP contribution < -0.4 is 0 Å². The van der Waals surface area contributed by atoms with E-state index in [-0.39, 0.29) is 0 Å². The van der Waals surface area contributed by atoms with Crippen LogP contribution in [0.1, 0.15) is 29.1 Å². The van der Waals surface area contributed by atoms with Crippen molar-refractivity contribution >= 4 is 5.97 Å². The lowest BCUT2D eigenvalue weighted by Crippen LogP contribution is -2.21. The number of hydrogen-bond donors (Lipinski definition) is 1. The van der Waals surface area contributed by atoms with E-state index >= 15 is 0 Å². The van der Waals surface area contributed by atoms with Gasteiger partial charge in [-0.15, -0.1) is 0 Å². The Morgan fingerprint density at radius 1 is 1.21 bits per heavy atom. The van der Waals surface area contributed by atoms with Crippen molar-refractivity contribution in [3.8, 4) is 0 Å². The summed E-state index contributed by atoms with van der Waals surface area (Å²) < 4.78 is 10.2. The van der Waals surface area contributed by atoms with Gasteiger partial charge in [0.25, 0.3) is 0 Å². The highest BCUT2D eigenvalue weighted by molar-refractivity contribution is 5.79. The van der Waals surface area contributed by atoms with Gasteiger partial charge in [-0.25, -0.2) is 0 Å². The van der Waals surface area contributed by atoms with Crippen LogP contribution in [-0.4, -0.2) is 18.2 Å². The van der Waals surface area contributed by atoms with Crippen LogP contribution in [0.4, 0.5) is 0 Å². The number of hydrogen-bond acceptors (Lipinski definition) is 4. The first-order valence-electron chi connectivity index (χ1n) is 6.00. The fourth-order valence-electron chi connectivity index (χ4n) is 2.01. The van der Waals surface area contributed by atoms with E-state index < -0.39 is 18.0 Å². The van der Waals surface area contributed by atoms with Crippen LogP contribution in [-0.2, 0) is 9.53 Å². The van der Waals surface area contributed by atoms with Gasteiger partial charge in [-0.3, -0.25) is 4.79 Å². The van der Waals surface area contributed by atoms with Crippen LogP contribution in [0.25, 0.3) is 0 Å². The van der Waals surface area contributed by atoms with Crippen LogP contribution >= 0.6 is 0 Å². The summed E-state index contributed by atoms with van der Waals surface area (Å²) in [7, 11) is 1.30. The Hall–Kier alpha value is -2.07. The topological polar surface area (TPSA) is 59.7 Å². The monoisotopic (exact) mass is 260 g/mol. The number of benzene rings is 1. The summed E-state index contributed by atoms with van der Waals surface area (Å²) in [4.78, 5) is 11.9. The highest BCUT2D eigenvalue weighted by Crippen LogP contribution is 2.32. The summed E-state index contributed by atoms with van der Waals surface area (Å²) >= 11 is 0. The van der Waals surface area contributed by atoms with Gasteiger partial charge < -0.3 is 14.3 Å². The number of furan rings is 1. The molecular formula is C15H16O4. The highest BCUT2D eigenvalue weighted by Gasteiger charge is 2.32. The van der Waals surface area contributed by atoms with Crippen molar-refractivity contribution in [2.24, 2.45) is 0 Å². The predicted molar refractivity (Wildman–Crippen MR) is 69.6 cm³/mol. The summed E-state index contributed by atoms with van der Waals surface area (Å²) in [6.07, 6.45) is -1.07. The summed E-state index contributed by atoms with van der Waals surface area (Å²) in [5.74, 6) is -0.244. The highest BCUT2D eigenvalue weighted by atomic mass is 16.5. The first kappa shape index (κ1) is 13.4. The fraction of sp³-hybridized carbons (Fsp3) is 0.267. The summed E-state index contributed by atoms with van der Waals surface area (Å²) in [5, 5.41) is 10.4. The van der Waals surface area contributed by atoms with E-state index in [1.807, 2.05) is 18.2 Å². The average molecular weight is 260 g/mol. The maximum Gasteiger partial charge on any atom is 0.316 e. The van der Waals surface area contributed by atoms with Gasteiger partial charge in [0.1, 0.15) is 23.5 Å². The van der Waals surface area contributed by atoms with Gasteiger partial charge in [0, 0.05) is 0 Å². The first-order chi connectivity index (χ1) is 9.13. The molecule has 0 saturated carbocycles. The SMILES string of the molecule is COC(=O)[C@@H](c1ccccc1)[C@@H](O)c1ccc(C)o1. The van der Waals surface area contributed by atoms with Gasteiger partial charge in [0.05, 0.1) is 7.11 Å². The van der Waals surface area contributed by atoms with Crippen molar-refractivity contribution in [1.29, 1.82) is 0 Å². The third kappa shape index (κ3) is 2.85. The van der Waals surface area contributed by atoms with Gasteiger partial charge in [0.2, 0.25) is 0 Å². The van der Waals surface area contributed by atoms with E-state index in [4.69, 9.17) is 9.15 Å². The smallest absolute Gasteiger partial charge is 0.316 e. The third-order valence-electron chi connectivity index (χ3n) is 2.98. The third-order valence-corrected chi connectivity index (χ3v) is 2.98. The number of aryl methyl sites for hydroxylation is 1. The Morgan fingerprint density at radius 3 is 2.42 bits per heavy atom. The second-order valence-corrected chi connectivity index (χ2v) is 4.30. The molecule has 1 heterocycles. The predicted octanol–water partition coefficient (Wildman–Crippen LogP) is 2.58. The lowest BCUT2D eigenvalue weighted by molar-refractivity contribution is -0.145. The molecular weight excluding hydrogens is 244 g/mol. The molecule has 0 saturated heterocycles. The number of aliphatic hydroxyl groups excluding tert-OH is 1. The van der Waals surface area contributed by atoms with E-state index in [1.165, 1.54) is 7.11 Å². The van der Waals surface area contributed by atoms with Crippen LogP contribution in [0.15, 0.2) is 46.9 Å². The summed E-state index contributed by atoms with van der Waals surface area (Å²) in [6.45, 7) is 1.78. The van der Waals surface area contributed by atoms with Crippen LogP contribution in [0.2, 0.25) is 0 Å². The second kappa shape index (κ2) is 5.71. The van der Waals surface area contributed by atoms with Crippen molar-refractivity contribution in [2.45, 2.75) is 18.9 Å². The quantitative estimate of drug-likeness (QED) is 0.858. The average Bonchev–Trinajstić information content (AvgIpc) is 2.86. The van der Waals surface area contributed by atoms with Crippen LogP contribution in [0.3, 0.4) is 0 Å². The molecule has 0 aliphatic carbocycles. The van der Waals surface area contributed by atoms with Crippen molar-refractivity contribution < 1.29 is 19.1 Å². The zero-order chi connectivity index (χ0) is 13.8. The standard InChI is InChI=1S/C15H16O4/c1-10-8-9-12(19-10)14(16)13(15(17)18-2)11-6-4-3-5-7-11/h3-9,13-14,16H,1-2H3/t13-,14-/m0/s1. The maximum atomic E-state index is 11.9. The van der Waals surface area contributed by atoms with E-state index in [1.54, 1.807) is 31.2 Å². The molecule has 2 atom stereocenters. The molecule has 2 aromatic rings. The van der Waals surface area contributed by atoms with Gasteiger partial charge in [-0.1, -0.05) is 30.3 Å². The second-order valence-electron chi connectivity index (χ2n) is 4.30. The molecule has 0 aliphatic rings. The zero-order valence-corrected chi connectivity index (χ0v) is 10.9. The Bertz CT molecular complexity index is 544. The van der Waals surface area contributed by atoms with Gasteiger partial charge in [-0.2, -0.15) is 0 Å². The summed E-state index contributed by atoms with van der Waals surface area (Å²) in [6, 6.07) is 12.4. The molecule has 4 nitrogen and oxygen atoms in total. The number of methoxy groups -OCH3 is 1. The molecule has 4 heteroatoms. The first-order valence-corrected chi connectivity index (χ1v) is 6.00. The minimum Gasteiger partial charge on any atom is -0.468 e. The number of esters is 1. The zero-order valence-electron chi connectivity index (χ0n) is 10.9. The largest absolute Gasteiger partial charge is 0.468 e. The van der Waals surface area contributed by atoms with Gasteiger partial charge >= 0.3 is 5.97 Å². The molecule has 0 amide bonds. The molecule has 19 heavy (non-hydrogen) atoms. The minimum absolute atomic E-state index is 0.358. The van der Waals surface area contributed by atoms with Crippen molar-refractivity contribution in [1.82, 2.24) is 0 Å². The number of carbonyl (C=O) groups is 1. The van der Waals surface area contributed by atoms with Crippen molar-refractivity contribution in [2.75, 3.05) is 7.11 Å². The Labute approximate surface area is 111 Å². The van der Waals surface area contributed by atoms with Crippen LogP contribution in [0.5, 0.6) is 0 Å². The maximum absolute atomic E-state index is 11.9. The van der Waals surface area contributed by atoms with E-state index in [0.717, 1.165) is 0 Å². The molecule has 0 spiro atoms. The Kier molecular flexibility index (Phi) is 4.02. The molecule has 1 aromatic heterocycles. The molecule has 0 unspecified atom stereocenters. The molecule has 1 N–H and O–H groups in total. The molecule has 1 aromatic carbocycles.